The van der Waals surface area contributed by atoms with Crippen LogP contribution in [-0.4, -0.2) is 38.0 Å². The van der Waals surface area contributed by atoms with Crippen molar-refractivity contribution in [2.75, 3.05) is 26.6 Å². The summed E-state index contributed by atoms with van der Waals surface area (Å²) < 4.78 is 24.1. The number of fused-ring (bicyclic) bond motifs is 1. The van der Waals surface area contributed by atoms with E-state index in [1.165, 1.54) is 49.8 Å². The highest BCUT2D eigenvalue weighted by molar-refractivity contribution is 7.10. The third-order valence-corrected chi connectivity index (χ3v) is 6.35. The molecule has 160 valence electrons. The van der Waals surface area contributed by atoms with Crippen LogP contribution in [-0.2, 0) is 4.79 Å². The van der Waals surface area contributed by atoms with Gasteiger partial charge >= 0.3 is 0 Å². The minimum absolute atomic E-state index is 0.208. The molecule has 8 heteroatoms. The van der Waals surface area contributed by atoms with E-state index >= 15 is 0 Å². The molecule has 0 bridgehead atoms. The SMILES string of the molecule is COc1cc2c(cc1OC)[C@H](C(=O)Nc1ccc(F)cc1)[C@H](c1cccs1)N(C)C2=O. The lowest BCUT2D eigenvalue weighted by Gasteiger charge is -2.39. The van der Waals surface area contributed by atoms with Gasteiger partial charge in [-0.05, 0) is 53.4 Å². The number of anilines is 1. The zero-order valence-electron chi connectivity index (χ0n) is 17.2. The topological polar surface area (TPSA) is 67.9 Å². The smallest absolute Gasteiger partial charge is 0.254 e. The maximum atomic E-state index is 13.5. The van der Waals surface area contributed by atoms with Gasteiger partial charge in [0.2, 0.25) is 5.91 Å². The average molecular weight is 440 g/mol. The maximum absolute atomic E-state index is 13.5. The van der Waals surface area contributed by atoms with E-state index < -0.39 is 12.0 Å². The Morgan fingerprint density at radius 2 is 1.77 bits per heavy atom. The molecule has 6 nitrogen and oxygen atoms in total. The number of carbonyl (C=O) groups excluding carboxylic acids is 2. The summed E-state index contributed by atoms with van der Waals surface area (Å²) in [6.45, 7) is 0. The zero-order valence-corrected chi connectivity index (χ0v) is 18.0. The Bertz CT molecular complexity index is 1120. The number of likely N-dealkylation sites (N-methyl/N-ethyl adjacent to an activating group) is 1. The first-order valence-electron chi connectivity index (χ1n) is 9.57. The van der Waals surface area contributed by atoms with E-state index in [9.17, 15) is 14.0 Å². The monoisotopic (exact) mass is 440 g/mol. The minimum atomic E-state index is -0.707. The van der Waals surface area contributed by atoms with Crippen molar-refractivity contribution in [2.24, 2.45) is 0 Å². The van der Waals surface area contributed by atoms with E-state index in [0.29, 0.717) is 28.3 Å². The molecule has 2 atom stereocenters. The van der Waals surface area contributed by atoms with Crippen LogP contribution in [0.2, 0.25) is 0 Å². The van der Waals surface area contributed by atoms with Crippen molar-refractivity contribution in [3.63, 3.8) is 0 Å². The van der Waals surface area contributed by atoms with Gasteiger partial charge in [0.15, 0.2) is 11.5 Å². The molecule has 1 N–H and O–H groups in total. The summed E-state index contributed by atoms with van der Waals surface area (Å²) in [6.07, 6.45) is 0. The molecule has 1 aromatic heterocycles. The first-order chi connectivity index (χ1) is 14.9. The quantitative estimate of drug-likeness (QED) is 0.636. The summed E-state index contributed by atoms with van der Waals surface area (Å²) in [7, 11) is 4.68. The Morgan fingerprint density at radius 3 is 2.39 bits per heavy atom. The van der Waals surface area contributed by atoms with Crippen molar-refractivity contribution in [1.82, 2.24) is 4.90 Å². The highest BCUT2D eigenvalue weighted by Crippen LogP contribution is 2.46. The van der Waals surface area contributed by atoms with Crippen LogP contribution in [0.15, 0.2) is 53.9 Å². The summed E-state index contributed by atoms with van der Waals surface area (Å²) in [5.41, 5.74) is 1.41. The summed E-state index contributed by atoms with van der Waals surface area (Å²) >= 11 is 1.48. The summed E-state index contributed by atoms with van der Waals surface area (Å²) in [5, 5.41) is 4.77. The molecule has 31 heavy (non-hydrogen) atoms. The van der Waals surface area contributed by atoms with Crippen LogP contribution in [0, 0.1) is 5.82 Å². The number of halogens is 1. The van der Waals surface area contributed by atoms with Gasteiger partial charge in [-0.2, -0.15) is 0 Å². The van der Waals surface area contributed by atoms with Gasteiger partial charge in [-0.3, -0.25) is 9.59 Å². The second-order valence-electron chi connectivity index (χ2n) is 7.14. The fourth-order valence-corrected chi connectivity index (χ4v) is 4.80. The number of nitrogens with zero attached hydrogens (tertiary/aromatic N) is 1. The van der Waals surface area contributed by atoms with Crippen LogP contribution in [0.1, 0.15) is 32.8 Å². The van der Waals surface area contributed by atoms with E-state index in [1.807, 2.05) is 17.5 Å². The standard InChI is InChI=1S/C23H21FN2O4S/c1-26-21(19-5-4-10-31-19)20(22(27)25-14-8-6-13(24)7-9-14)15-11-17(29-2)18(30-3)12-16(15)23(26)28/h4-12,20-21H,1-3H3,(H,25,27)/t20-,21-/m0/s1. The highest BCUT2D eigenvalue weighted by atomic mass is 32.1. The van der Waals surface area contributed by atoms with Crippen molar-refractivity contribution in [1.29, 1.82) is 0 Å². The van der Waals surface area contributed by atoms with Crippen LogP contribution in [0.5, 0.6) is 11.5 Å². The van der Waals surface area contributed by atoms with Crippen LogP contribution in [0.4, 0.5) is 10.1 Å². The molecule has 0 unspecified atom stereocenters. The molecule has 4 rings (SSSR count). The number of rotatable bonds is 5. The summed E-state index contributed by atoms with van der Waals surface area (Å²) in [6, 6.07) is 12.2. The molecule has 2 amide bonds. The van der Waals surface area contributed by atoms with Gasteiger partial charge in [-0.1, -0.05) is 6.07 Å². The van der Waals surface area contributed by atoms with Gasteiger partial charge in [0.25, 0.3) is 5.91 Å². The van der Waals surface area contributed by atoms with Gasteiger partial charge < -0.3 is 19.7 Å². The summed E-state index contributed by atoms with van der Waals surface area (Å²) in [4.78, 5) is 29.2. The molecule has 1 aliphatic rings. The normalized spacial score (nSPS) is 17.8. The van der Waals surface area contributed by atoms with Crippen LogP contribution in [0.25, 0.3) is 0 Å². The Kier molecular flexibility index (Phi) is 5.65. The molecular formula is C23H21FN2O4S. The molecule has 2 heterocycles. The van der Waals surface area contributed by atoms with Crippen LogP contribution < -0.4 is 14.8 Å². The third kappa shape index (κ3) is 3.74. The van der Waals surface area contributed by atoms with Crippen molar-refractivity contribution < 1.29 is 23.5 Å². The Hall–Kier alpha value is -3.39. The number of amides is 2. The second-order valence-corrected chi connectivity index (χ2v) is 8.12. The van der Waals surface area contributed by atoms with Gasteiger partial charge in [0.1, 0.15) is 5.82 Å². The molecule has 0 saturated carbocycles. The average Bonchev–Trinajstić information content (AvgIpc) is 3.31. The maximum Gasteiger partial charge on any atom is 0.254 e. The lowest BCUT2D eigenvalue weighted by atomic mass is 9.81. The fraction of sp³-hybridized carbons (Fsp3) is 0.217. The van der Waals surface area contributed by atoms with E-state index in [4.69, 9.17) is 9.47 Å². The molecule has 0 aliphatic carbocycles. The number of carbonyl (C=O) groups is 2. The van der Waals surface area contributed by atoms with Crippen molar-refractivity contribution in [2.45, 2.75) is 12.0 Å². The Labute approximate surface area is 183 Å². The van der Waals surface area contributed by atoms with Crippen molar-refractivity contribution in [3.05, 3.63) is 75.7 Å². The highest BCUT2D eigenvalue weighted by Gasteiger charge is 2.44. The van der Waals surface area contributed by atoms with Crippen LogP contribution in [0.3, 0.4) is 0 Å². The lowest BCUT2D eigenvalue weighted by Crippen LogP contribution is -2.43. The predicted molar refractivity (Wildman–Crippen MR) is 116 cm³/mol. The van der Waals surface area contributed by atoms with Gasteiger partial charge in [-0.25, -0.2) is 4.39 Å². The van der Waals surface area contributed by atoms with Gasteiger partial charge in [-0.15, -0.1) is 11.3 Å². The number of nitrogens with one attached hydrogen (secondary N) is 1. The predicted octanol–water partition coefficient (Wildman–Crippen LogP) is 4.45. The van der Waals surface area contributed by atoms with E-state index in [-0.39, 0.29) is 17.6 Å². The fourth-order valence-electron chi connectivity index (χ4n) is 3.90. The zero-order chi connectivity index (χ0) is 22.1. The van der Waals surface area contributed by atoms with E-state index in [2.05, 4.69) is 5.32 Å². The molecular weight excluding hydrogens is 419 g/mol. The minimum Gasteiger partial charge on any atom is -0.493 e. The van der Waals surface area contributed by atoms with Gasteiger partial charge in [0, 0.05) is 23.2 Å². The Morgan fingerprint density at radius 1 is 1.10 bits per heavy atom. The number of ether oxygens (including phenoxy) is 2. The Balaban J connectivity index is 1.85. The van der Waals surface area contributed by atoms with E-state index in [0.717, 1.165) is 4.88 Å². The largest absolute Gasteiger partial charge is 0.493 e. The number of methoxy groups -OCH3 is 2. The third-order valence-electron chi connectivity index (χ3n) is 5.40. The molecule has 2 aromatic carbocycles. The van der Waals surface area contributed by atoms with Crippen molar-refractivity contribution in [3.8, 4) is 11.5 Å². The number of hydrogen-bond donors (Lipinski definition) is 1. The lowest BCUT2D eigenvalue weighted by molar-refractivity contribution is -0.119. The molecule has 0 spiro atoms. The first kappa shape index (κ1) is 20.9. The number of hydrogen-bond acceptors (Lipinski definition) is 5. The van der Waals surface area contributed by atoms with E-state index in [1.54, 1.807) is 24.1 Å². The molecule has 1 aliphatic heterocycles. The molecule has 0 saturated heterocycles. The summed E-state index contributed by atoms with van der Waals surface area (Å²) in [5.74, 6) is -0.766. The molecule has 3 aromatic rings. The van der Waals surface area contributed by atoms with Crippen molar-refractivity contribution >= 4 is 28.8 Å². The number of thiophene rings is 1. The second kappa shape index (κ2) is 8.39. The molecule has 0 radical (unpaired) electrons. The first-order valence-corrected chi connectivity index (χ1v) is 10.5. The van der Waals surface area contributed by atoms with Crippen LogP contribution >= 0.6 is 11.3 Å². The molecule has 0 fully saturated rings. The van der Waals surface area contributed by atoms with Gasteiger partial charge in [0.05, 0.1) is 26.2 Å². The number of benzene rings is 2.